The maximum atomic E-state index is 13.0. The molecule has 0 amide bonds. The van der Waals surface area contributed by atoms with Crippen molar-refractivity contribution in [1.82, 2.24) is 0 Å². The summed E-state index contributed by atoms with van der Waals surface area (Å²) in [6.45, 7) is 6.48. The summed E-state index contributed by atoms with van der Waals surface area (Å²) in [6, 6.07) is 35.0. The number of azo groups is 2. The summed E-state index contributed by atoms with van der Waals surface area (Å²) in [7, 11) is 0. The molecule has 10 heteroatoms. The van der Waals surface area contributed by atoms with Crippen LogP contribution >= 0.6 is 0 Å². The molecule has 0 unspecified atom stereocenters. The number of ether oxygens (including phenoxy) is 2. The molecule has 0 saturated carbocycles. The Morgan fingerprint density at radius 3 is 1.29 bits per heavy atom. The van der Waals surface area contributed by atoms with Crippen molar-refractivity contribution in [3.8, 4) is 0 Å². The van der Waals surface area contributed by atoms with Crippen molar-refractivity contribution in [3.05, 3.63) is 109 Å². The molecule has 4 atom stereocenters. The second-order valence-electron chi connectivity index (χ2n) is 12.7. The van der Waals surface area contributed by atoms with E-state index in [1.165, 1.54) is 0 Å². The lowest BCUT2D eigenvalue weighted by atomic mass is 9.97. The third-order valence-corrected chi connectivity index (χ3v) is 8.87. The Morgan fingerprint density at radius 2 is 0.918 bits per heavy atom. The fourth-order valence-electron chi connectivity index (χ4n) is 6.08. The predicted octanol–water partition coefficient (Wildman–Crippen LogP) is 9.12. The number of carbonyl (C=O) groups excluding carboxylic acids is 2. The van der Waals surface area contributed by atoms with E-state index in [2.05, 4.69) is 30.3 Å². The molecule has 6 rings (SSSR count). The smallest absolute Gasteiger partial charge is 0.309 e. The summed E-state index contributed by atoms with van der Waals surface area (Å²) in [6.07, 6.45) is 1.50. The first-order chi connectivity index (χ1) is 23.9. The van der Waals surface area contributed by atoms with Crippen LogP contribution in [0.15, 0.2) is 130 Å². The Balaban J connectivity index is 0.907. The van der Waals surface area contributed by atoms with Crippen LogP contribution in [0.25, 0.3) is 0 Å². The average Bonchev–Trinajstić information content (AvgIpc) is 3.81. The van der Waals surface area contributed by atoms with Gasteiger partial charge in [-0.2, -0.15) is 20.5 Å². The highest BCUT2D eigenvalue weighted by molar-refractivity contribution is 5.76. The van der Waals surface area contributed by atoms with Gasteiger partial charge in [0.15, 0.2) is 0 Å². The van der Waals surface area contributed by atoms with Crippen LogP contribution in [0.5, 0.6) is 0 Å². The third-order valence-electron chi connectivity index (χ3n) is 8.87. The Morgan fingerprint density at radius 1 is 0.571 bits per heavy atom. The van der Waals surface area contributed by atoms with Crippen molar-refractivity contribution in [2.24, 2.45) is 32.3 Å². The Labute approximate surface area is 287 Å². The number of carbonyl (C=O) groups is 2. The van der Waals surface area contributed by atoms with Gasteiger partial charge in [-0.25, -0.2) is 0 Å². The van der Waals surface area contributed by atoms with Gasteiger partial charge < -0.3 is 19.3 Å². The molecule has 0 aromatic heterocycles. The van der Waals surface area contributed by atoms with Crippen molar-refractivity contribution >= 4 is 46.1 Å². The van der Waals surface area contributed by atoms with Gasteiger partial charge >= 0.3 is 11.9 Å². The van der Waals surface area contributed by atoms with Crippen molar-refractivity contribution in [2.75, 3.05) is 36.0 Å². The topological polar surface area (TPSA) is 109 Å². The fraction of sp³-hybridized carbons (Fsp3) is 0.333. The molecule has 0 radical (unpaired) electrons. The minimum absolute atomic E-state index is 0.194. The number of benzene rings is 4. The van der Waals surface area contributed by atoms with Gasteiger partial charge in [0.2, 0.25) is 0 Å². The normalized spacial score (nSPS) is 19.0. The van der Waals surface area contributed by atoms with Gasteiger partial charge in [0.25, 0.3) is 0 Å². The maximum Gasteiger partial charge on any atom is 0.309 e. The number of anilines is 2. The summed E-state index contributed by atoms with van der Waals surface area (Å²) in [5.74, 6) is -1.38. The number of nitrogens with zero attached hydrogens (tertiary/aromatic N) is 6. The van der Waals surface area contributed by atoms with Crippen molar-refractivity contribution in [2.45, 2.75) is 45.3 Å². The van der Waals surface area contributed by atoms with Crippen LogP contribution < -0.4 is 9.80 Å². The van der Waals surface area contributed by atoms with Crippen molar-refractivity contribution in [3.63, 3.8) is 0 Å². The highest BCUT2D eigenvalue weighted by Gasteiger charge is 2.31. The molecule has 2 aliphatic heterocycles. The predicted molar refractivity (Wildman–Crippen MR) is 190 cm³/mol. The molecule has 0 aliphatic carbocycles. The molecule has 4 aromatic carbocycles. The van der Waals surface area contributed by atoms with E-state index in [9.17, 15) is 9.59 Å². The van der Waals surface area contributed by atoms with Gasteiger partial charge in [-0.15, -0.1) is 0 Å². The molecule has 0 N–H and O–H groups in total. The minimum Gasteiger partial charge on any atom is -0.460 e. The Kier molecular flexibility index (Phi) is 11.0. The summed E-state index contributed by atoms with van der Waals surface area (Å²) in [5.41, 5.74) is 5.26. The van der Waals surface area contributed by atoms with E-state index in [0.29, 0.717) is 19.5 Å². The van der Waals surface area contributed by atoms with Gasteiger partial charge in [-0.05, 0) is 79.2 Å². The molecule has 252 valence electrons. The lowest BCUT2D eigenvalue weighted by molar-refractivity contribution is -0.156. The van der Waals surface area contributed by atoms with Gasteiger partial charge in [0.1, 0.15) is 12.2 Å². The quantitative estimate of drug-likeness (QED) is 0.111. The monoisotopic (exact) mass is 658 g/mol. The van der Waals surface area contributed by atoms with Crippen LogP contribution in [-0.4, -0.2) is 50.3 Å². The van der Waals surface area contributed by atoms with Crippen molar-refractivity contribution in [1.29, 1.82) is 0 Å². The van der Waals surface area contributed by atoms with Crippen LogP contribution in [-0.2, 0) is 19.1 Å². The molecule has 0 spiro atoms. The summed E-state index contributed by atoms with van der Waals surface area (Å²) < 4.78 is 11.7. The van der Waals surface area contributed by atoms with E-state index in [1.54, 1.807) is 0 Å². The van der Waals surface area contributed by atoms with E-state index in [4.69, 9.17) is 9.47 Å². The number of esters is 2. The fourth-order valence-corrected chi connectivity index (χ4v) is 6.08. The van der Waals surface area contributed by atoms with Crippen LogP contribution in [0.2, 0.25) is 0 Å². The zero-order valence-corrected chi connectivity index (χ0v) is 28.0. The standard InChI is InChI=1S/C39H42N6O4/c1-28(38(46)48-36-21-23-44(26-36)34-17-13-32(14-18-34)42-40-30-9-5-3-6-10-30)25-29(2)39(47)49-37-22-24-45(27-37)35-19-15-33(16-20-35)43-41-31-11-7-4-8-12-31/h3-20,28-29,36-37H,21-27H2,1-2H3/t28-,29-,36-,37-/m1/s1. The van der Waals surface area contributed by atoms with E-state index < -0.39 is 11.8 Å². The van der Waals surface area contributed by atoms with Gasteiger partial charge in [-0.3, -0.25) is 9.59 Å². The Bertz CT molecular complexity index is 1600. The molecule has 2 heterocycles. The largest absolute Gasteiger partial charge is 0.460 e. The molecule has 10 nitrogen and oxygen atoms in total. The first-order valence-electron chi connectivity index (χ1n) is 16.9. The number of hydrogen-bond donors (Lipinski definition) is 0. The first-order valence-corrected chi connectivity index (χ1v) is 16.9. The highest BCUT2D eigenvalue weighted by atomic mass is 16.5. The van der Waals surface area contributed by atoms with Gasteiger partial charge in [-0.1, -0.05) is 50.2 Å². The lowest BCUT2D eigenvalue weighted by Gasteiger charge is -2.22. The molecule has 4 aromatic rings. The Hall–Kier alpha value is -5.38. The molecule has 0 bridgehead atoms. The second kappa shape index (κ2) is 16.1. The van der Waals surface area contributed by atoms with E-state index >= 15 is 0 Å². The average molecular weight is 659 g/mol. The van der Waals surface area contributed by atoms with E-state index in [-0.39, 0.29) is 24.1 Å². The van der Waals surface area contributed by atoms with Crippen LogP contribution in [0.3, 0.4) is 0 Å². The SMILES string of the molecule is C[C@H](C[C@@H](C)C(=O)O[C@@H]1CCN(c2ccc(N=Nc3ccccc3)cc2)C1)C(=O)O[C@@H]1CCN(c2ccc(N=Nc3ccccc3)cc2)C1. The third kappa shape index (κ3) is 9.37. The van der Waals surface area contributed by atoms with Crippen LogP contribution in [0.1, 0.15) is 33.1 Å². The first kappa shape index (κ1) is 33.5. The van der Waals surface area contributed by atoms with Gasteiger partial charge in [0, 0.05) is 37.3 Å². The number of hydrogen-bond acceptors (Lipinski definition) is 10. The number of rotatable bonds is 12. The molecule has 2 saturated heterocycles. The van der Waals surface area contributed by atoms with E-state index in [0.717, 1.165) is 60.1 Å². The highest BCUT2D eigenvalue weighted by Crippen LogP contribution is 2.28. The summed E-state index contributed by atoms with van der Waals surface area (Å²) in [5, 5.41) is 17.2. The molecular formula is C39H42N6O4. The van der Waals surface area contributed by atoms with Crippen LogP contribution in [0.4, 0.5) is 34.1 Å². The minimum atomic E-state index is -0.413. The summed E-state index contributed by atoms with van der Waals surface area (Å²) >= 11 is 0. The van der Waals surface area contributed by atoms with E-state index in [1.807, 2.05) is 123 Å². The molecule has 2 fully saturated rings. The molecular weight excluding hydrogens is 616 g/mol. The summed E-state index contributed by atoms with van der Waals surface area (Å²) in [4.78, 5) is 30.4. The van der Waals surface area contributed by atoms with Gasteiger partial charge in [0.05, 0.1) is 47.7 Å². The second-order valence-corrected chi connectivity index (χ2v) is 12.7. The van der Waals surface area contributed by atoms with Crippen LogP contribution in [0, 0.1) is 11.8 Å². The lowest BCUT2D eigenvalue weighted by Crippen LogP contribution is -2.30. The zero-order chi connectivity index (χ0) is 34.0. The molecule has 2 aliphatic rings. The van der Waals surface area contributed by atoms with Crippen molar-refractivity contribution < 1.29 is 19.1 Å². The maximum absolute atomic E-state index is 13.0. The zero-order valence-electron chi connectivity index (χ0n) is 28.0. The molecule has 49 heavy (non-hydrogen) atoms.